The van der Waals surface area contributed by atoms with Crippen molar-refractivity contribution in [2.24, 2.45) is 0 Å². The first-order valence-electron chi connectivity index (χ1n) is 51.3. The van der Waals surface area contributed by atoms with Crippen LogP contribution in [0.5, 0.6) is 34.5 Å². The molecule has 0 aromatic heterocycles. The van der Waals surface area contributed by atoms with Gasteiger partial charge in [0.25, 0.3) is 0 Å². The molecule has 0 spiro atoms. The highest BCUT2D eigenvalue weighted by atomic mass is 16.7. The van der Waals surface area contributed by atoms with Crippen molar-refractivity contribution >= 4 is 17.3 Å². The fourth-order valence-corrected chi connectivity index (χ4v) is 16.2. The molecule has 0 aliphatic rings. The summed E-state index contributed by atoms with van der Waals surface area (Å²) >= 11 is 0. The van der Waals surface area contributed by atoms with Crippen molar-refractivity contribution in [2.45, 2.75) is 341 Å². The number of methoxy groups -OCH3 is 4. The molecule has 846 valence electrons. The molecule has 148 heavy (non-hydrogen) atoms. The Morgan fingerprint density at radius 3 is 0.554 bits per heavy atom. The van der Waals surface area contributed by atoms with Crippen molar-refractivity contribution in [2.75, 3.05) is 187 Å². The number of hydrogen-bond donors (Lipinski definition) is 9. The lowest BCUT2D eigenvalue weighted by atomic mass is 9.78. The number of aliphatic hydroxyl groups is 9. The molecular formula is C118H194O30. The van der Waals surface area contributed by atoms with Gasteiger partial charge in [0.15, 0.2) is 28.9 Å². The summed E-state index contributed by atoms with van der Waals surface area (Å²) in [6, 6.07) is 0. The molecule has 3 unspecified atom stereocenters. The van der Waals surface area contributed by atoms with Crippen molar-refractivity contribution in [3.63, 3.8) is 0 Å². The number of hydrogen-bond acceptors (Lipinski definition) is 30. The lowest BCUT2D eigenvalue weighted by Crippen LogP contribution is -2.51. The van der Waals surface area contributed by atoms with Crippen LogP contribution >= 0.6 is 0 Å². The van der Waals surface area contributed by atoms with E-state index in [1.54, 1.807) is 69.6 Å². The fraction of sp³-hybridized carbons (Fsp3) is 0.669. The van der Waals surface area contributed by atoms with E-state index in [2.05, 4.69) is 96.9 Å². The number of ether oxygens (including phenoxy) is 18. The number of benzene rings is 6. The average Bonchev–Trinajstić information content (AvgIpc) is 0.775. The highest BCUT2D eigenvalue weighted by Crippen LogP contribution is 2.43. The van der Waals surface area contributed by atoms with E-state index in [4.69, 9.17) is 101 Å². The second kappa shape index (κ2) is 62.6. The summed E-state index contributed by atoms with van der Waals surface area (Å²) in [5.74, 6) is 2.05. The van der Waals surface area contributed by atoms with Gasteiger partial charge in [-0.05, 0) is 434 Å². The number of aliphatic hydroxyl groups excluding tert-OH is 3. The van der Waals surface area contributed by atoms with Crippen molar-refractivity contribution in [1.82, 2.24) is 0 Å². The molecule has 0 saturated carbocycles. The number of carbonyl (C=O) groups excluding carboxylic acids is 3. The summed E-state index contributed by atoms with van der Waals surface area (Å²) in [5.41, 5.74) is 22.2. The molecule has 0 aliphatic carbocycles. The van der Waals surface area contributed by atoms with Gasteiger partial charge in [0.2, 0.25) is 0 Å². The minimum absolute atomic E-state index is 0.00990. The Labute approximate surface area is 887 Å². The minimum Gasteiger partial charge on any atom is -0.491 e. The SMILES string of the molecule is COC(C)(Cc1c(C)c(C)c(OCCOCCO)c(C)c1C)C(C)(C)O.COC(C)(OCCOCCOc1c(C)c(C)c(C(=O)C(C)(C)O)c(C)c1C)C(C)(C)O.COC(C)(OCCOCCOc1c(C)c(C)c(C)c(C)c1C)C(C)(C)O.COCCOCCOc1c(C)c(C)c(C(=O)C(C)(C)O)c(C)c1C.Cc1c(C)c(C(=O)C(C)(C)O)c(C)c(C)c1OCCOCCO.Cc1c(C)c(C)c(OCCOCCO)c(C)c1C. The molecule has 0 saturated heterocycles. The van der Waals surface area contributed by atoms with Crippen LogP contribution in [0.3, 0.4) is 0 Å². The Balaban J connectivity index is 0.000000893. The van der Waals surface area contributed by atoms with Gasteiger partial charge < -0.3 is 131 Å². The van der Waals surface area contributed by atoms with Gasteiger partial charge in [-0.15, -0.1) is 0 Å². The van der Waals surface area contributed by atoms with Crippen molar-refractivity contribution < 1.29 is 146 Å². The molecule has 6 rings (SSSR count). The normalized spacial score (nSPS) is 13.1. The van der Waals surface area contributed by atoms with E-state index in [1.807, 2.05) is 90.0 Å². The second-order valence-electron chi connectivity index (χ2n) is 41.7. The van der Waals surface area contributed by atoms with Gasteiger partial charge in [-0.2, -0.15) is 0 Å². The van der Waals surface area contributed by atoms with Crippen LogP contribution in [0.1, 0.15) is 285 Å². The second-order valence-corrected chi connectivity index (χ2v) is 41.7. The smallest absolute Gasteiger partial charge is 0.194 e. The Morgan fingerprint density at radius 1 is 0.209 bits per heavy atom. The van der Waals surface area contributed by atoms with E-state index in [0.29, 0.717) is 155 Å². The minimum atomic E-state index is -1.43. The molecule has 9 N–H and O–H groups in total. The molecule has 0 fully saturated rings. The fourth-order valence-electron chi connectivity index (χ4n) is 16.2. The maximum absolute atomic E-state index is 12.7. The van der Waals surface area contributed by atoms with Gasteiger partial charge in [0.1, 0.15) is 102 Å². The Hall–Kier alpha value is -7.71. The van der Waals surface area contributed by atoms with E-state index in [1.165, 1.54) is 117 Å². The van der Waals surface area contributed by atoms with E-state index >= 15 is 0 Å². The van der Waals surface area contributed by atoms with Gasteiger partial charge in [-0.1, -0.05) is 0 Å². The van der Waals surface area contributed by atoms with Crippen LogP contribution in [-0.4, -0.2) is 301 Å². The highest BCUT2D eigenvalue weighted by Gasteiger charge is 2.44. The molecule has 0 amide bonds. The standard InChI is InChI=1S/C24H40O7.2C21H36O5.C19H30O5.C18H28O5.C15H24O3/c1-15-17(3)20(18(4)16(2)19(15)21(25)22(5,6)26)30-13-11-29-12-14-31-24(9,28-10)23(7,8)27;1-14-15(2)17(4)19(18(5)16(14)3)25-12-10-24-11-13-26-21(8,23-9)20(6,7)22;1-14-16(3)19(26-12-11-25-10-9-22)17(4)15(2)18(14)13-21(7,24-8)20(5,6)23;1-12-14(3)17(24-11-10-23-9-8-22-7)15(4)13(2)16(12)18(20)19(5,6)21;1-11-13(3)16(23-10-9-22-8-7-19)14(4)12(2)15(11)17(20)18(5,6)21;1-10-11(2)13(4)15(14(5)12(10)3)18-9-8-17-7-6-16/h26-27H,11-14H2,1-10H3;22H,10-13H2,1-9H3;22-23H,9-13H2,1-8H3;21H,8-11H2,1-7H3;19,21H,7-10H2,1-6H3;16H,6-9H2,1-5H3. The first-order chi connectivity index (χ1) is 68.3. The van der Waals surface area contributed by atoms with Gasteiger partial charge in [0, 0.05) is 51.6 Å². The van der Waals surface area contributed by atoms with Crippen LogP contribution in [0.4, 0.5) is 0 Å². The Kier molecular flexibility index (Phi) is 58.5. The molecule has 30 nitrogen and oxygen atoms in total. The van der Waals surface area contributed by atoms with Gasteiger partial charge in [-0.25, -0.2) is 0 Å². The first kappa shape index (κ1) is 138. The zero-order chi connectivity index (χ0) is 114. The maximum atomic E-state index is 12.7. The van der Waals surface area contributed by atoms with Crippen LogP contribution in [0.15, 0.2) is 0 Å². The highest BCUT2D eigenvalue weighted by molar-refractivity contribution is 6.06. The van der Waals surface area contributed by atoms with Crippen LogP contribution in [-0.2, 0) is 63.3 Å². The predicted molar refractivity (Wildman–Crippen MR) is 585 cm³/mol. The lowest BCUT2D eigenvalue weighted by molar-refractivity contribution is -0.294. The van der Waals surface area contributed by atoms with E-state index in [-0.39, 0.29) is 43.8 Å². The lowest BCUT2D eigenvalue weighted by Gasteiger charge is -2.40. The Morgan fingerprint density at radius 2 is 0.385 bits per heavy atom. The molecule has 0 aliphatic heterocycles. The zero-order valence-electron chi connectivity index (χ0n) is 99.3. The molecule has 3 atom stereocenters. The number of rotatable bonds is 55. The summed E-state index contributed by atoms with van der Waals surface area (Å²) in [6.07, 6.45) is 0.617. The molecule has 0 bridgehead atoms. The van der Waals surface area contributed by atoms with E-state index in [9.17, 15) is 45.0 Å². The van der Waals surface area contributed by atoms with Crippen molar-refractivity contribution in [1.29, 1.82) is 0 Å². The zero-order valence-corrected chi connectivity index (χ0v) is 99.3. The summed E-state index contributed by atoms with van der Waals surface area (Å²) in [5, 5.41) is 87.2. The van der Waals surface area contributed by atoms with Crippen LogP contribution < -0.4 is 28.4 Å². The summed E-state index contributed by atoms with van der Waals surface area (Å²) < 4.78 is 100. The molecule has 0 radical (unpaired) electrons. The third-order valence-corrected chi connectivity index (χ3v) is 29.0. The van der Waals surface area contributed by atoms with Crippen molar-refractivity contribution in [3.05, 3.63) is 167 Å². The summed E-state index contributed by atoms with van der Waals surface area (Å²) in [7, 11) is 6.28. The largest absolute Gasteiger partial charge is 0.491 e. The topological polar surface area (TPSA) is 399 Å². The average molecular weight is 2090 g/mol. The third-order valence-electron chi connectivity index (χ3n) is 29.0. The molecule has 6 aromatic rings. The number of ketones is 3. The van der Waals surface area contributed by atoms with Gasteiger partial charge in [0.05, 0.1) is 130 Å². The maximum Gasteiger partial charge on any atom is 0.194 e. The van der Waals surface area contributed by atoms with Crippen LogP contribution in [0.25, 0.3) is 0 Å². The van der Waals surface area contributed by atoms with Crippen molar-refractivity contribution in [3.8, 4) is 34.5 Å². The quantitative estimate of drug-likeness (QED) is 0.00973. The number of carbonyl (C=O) groups is 3. The van der Waals surface area contributed by atoms with E-state index in [0.717, 1.165) is 124 Å². The predicted octanol–water partition coefficient (Wildman–Crippen LogP) is 18.0. The number of Topliss-reactive ketones (excluding diaryl/α,β-unsaturated/α-hetero) is 3. The third kappa shape index (κ3) is 39.1. The van der Waals surface area contributed by atoms with Crippen LogP contribution in [0.2, 0.25) is 0 Å². The van der Waals surface area contributed by atoms with Gasteiger partial charge >= 0.3 is 0 Å². The van der Waals surface area contributed by atoms with E-state index < -0.39 is 50.8 Å². The molecule has 6 aromatic carbocycles. The Bertz CT molecular complexity index is 5000. The molecule has 0 heterocycles. The monoisotopic (exact) mass is 2090 g/mol. The summed E-state index contributed by atoms with van der Waals surface area (Å²) in [4.78, 5) is 37.8. The first-order valence-corrected chi connectivity index (χ1v) is 51.3. The van der Waals surface area contributed by atoms with Gasteiger partial charge in [-0.3, -0.25) is 14.4 Å². The molecule has 30 heteroatoms. The molecular weight excluding hydrogens is 1900 g/mol. The van der Waals surface area contributed by atoms with Crippen LogP contribution in [0, 0.1) is 180 Å². The summed E-state index contributed by atoms with van der Waals surface area (Å²) in [6.45, 7) is 85.5.